The van der Waals surface area contributed by atoms with E-state index in [9.17, 15) is 14.4 Å². The number of hydrogen-bond donors (Lipinski definition) is 2. The highest BCUT2D eigenvalue weighted by Gasteiger charge is 2.48. The smallest absolute Gasteiger partial charge is 0.256 e. The van der Waals surface area contributed by atoms with Crippen LogP contribution >= 0.6 is 11.8 Å². The number of piperazine rings is 1. The number of aliphatic hydroxyl groups is 1. The van der Waals surface area contributed by atoms with E-state index in [1.807, 2.05) is 18.2 Å². The van der Waals surface area contributed by atoms with Gasteiger partial charge in [-0.3, -0.25) is 19.3 Å². The number of β-amino-alcohol motifs (C(OH)–C–C–N with tert-alkyl or cyclic N) is 1. The number of fused-ring (bicyclic) bond motifs is 3. The van der Waals surface area contributed by atoms with E-state index >= 15 is 0 Å². The Morgan fingerprint density at radius 1 is 1.24 bits per heavy atom. The van der Waals surface area contributed by atoms with Crippen LogP contribution in [0, 0.1) is 0 Å². The van der Waals surface area contributed by atoms with Crippen molar-refractivity contribution in [3.05, 3.63) is 35.4 Å². The molecule has 0 aliphatic carbocycles. The zero-order valence-electron chi connectivity index (χ0n) is 16.4. The molecule has 3 aliphatic heterocycles. The van der Waals surface area contributed by atoms with Crippen LogP contribution in [0.3, 0.4) is 0 Å². The molecule has 3 unspecified atom stereocenters. The van der Waals surface area contributed by atoms with E-state index in [1.54, 1.807) is 34.6 Å². The number of benzene rings is 1. The van der Waals surface area contributed by atoms with Crippen LogP contribution in [0.4, 0.5) is 0 Å². The predicted molar refractivity (Wildman–Crippen MR) is 109 cm³/mol. The lowest BCUT2D eigenvalue weighted by molar-refractivity contribution is -0.138. The van der Waals surface area contributed by atoms with E-state index in [0.29, 0.717) is 44.0 Å². The fraction of sp³-hybridized carbons (Fsp3) is 0.550. The summed E-state index contributed by atoms with van der Waals surface area (Å²) in [6.07, 6.45) is 0. The molecular weight excluding hydrogens is 392 g/mol. The molecule has 156 valence electrons. The minimum absolute atomic E-state index is 0.111. The van der Waals surface area contributed by atoms with Gasteiger partial charge < -0.3 is 20.2 Å². The average Bonchev–Trinajstić information content (AvgIpc) is 3.29. The molecular formula is C20H26N4O4S. The minimum atomic E-state index is -0.643. The Balaban J connectivity index is 1.35. The fourth-order valence-corrected chi connectivity index (χ4v) is 5.69. The van der Waals surface area contributed by atoms with Crippen LogP contribution in [0.15, 0.2) is 24.3 Å². The molecule has 0 saturated carbocycles. The maximum absolute atomic E-state index is 12.9. The normalized spacial score (nSPS) is 25.0. The van der Waals surface area contributed by atoms with Crippen molar-refractivity contribution in [1.82, 2.24) is 20.0 Å². The van der Waals surface area contributed by atoms with Gasteiger partial charge in [-0.25, -0.2) is 0 Å². The summed E-state index contributed by atoms with van der Waals surface area (Å²) < 4.78 is 0. The first-order chi connectivity index (χ1) is 14.0. The summed E-state index contributed by atoms with van der Waals surface area (Å²) in [6, 6.07) is 6.27. The Bertz CT molecular complexity index is 811. The van der Waals surface area contributed by atoms with Gasteiger partial charge in [-0.15, -0.1) is 11.8 Å². The van der Waals surface area contributed by atoms with Gasteiger partial charge in [0.15, 0.2) is 0 Å². The van der Waals surface area contributed by atoms with Crippen LogP contribution in [-0.2, 0) is 9.59 Å². The van der Waals surface area contributed by atoms with Gasteiger partial charge in [0.2, 0.25) is 11.8 Å². The highest BCUT2D eigenvalue weighted by molar-refractivity contribution is 7.99. The van der Waals surface area contributed by atoms with E-state index in [1.165, 1.54) is 0 Å². The quantitative estimate of drug-likeness (QED) is 0.694. The number of rotatable bonds is 5. The number of nitrogens with one attached hydrogen (secondary N) is 1. The largest absolute Gasteiger partial charge is 0.395 e. The van der Waals surface area contributed by atoms with Crippen molar-refractivity contribution in [3.8, 4) is 0 Å². The summed E-state index contributed by atoms with van der Waals surface area (Å²) in [5, 5.41) is 11.7. The topological polar surface area (TPSA) is 93.2 Å². The van der Waals surface area contributed by atoms with E-state index in [0.717, 1.165) is 5.56 Å². The van der Waals surface area contributed by atoms with Crippen molar-refractivity contribution in [1.29, 1.82) is 0 Å². The number of carbonyl (C=O) groups excluding carboxylic acids is 3. The average molecular weight is 419 g/mol. The lowest BCUT2D eigenvalue weighted by Gasteiger charge is -2.36. The molecule has 0 aromatic heterocycles. The number of thioether (sulfide) groups is 1. The van der Waals surface area contributed by atoms with Gasteiger partial charge in [-0.05, 0) is 18.6 Å². The van der Waals surface area contributed by atoms with Crippen molar-refractivity contribution < 1.29 is 19.5 Å². The van der Waals surface area contributed by atoms with E-state index in [2.05, 4.69) is 10.2 Å². The summed E-state index contributed by atoms with van der Waals surface area (Å²) in [5.74, 6) is 0.0213. The first kappa shape index (κ1) is 20.2. The van der Waals surface area contributed by atoms with Crippen molar-refractivity contribution in [3.63, 3.8) is 0 Å². The van der Waals surface area contributed by atoms with Crippen molar-refractivity contribution >= 4 is 29.5 Å². The lowest BCUT2D eigenvalue weighted by atomic mass is 10.1. The fourth-order valence-electron chi connectivity index (χ4n) is 4.22. The molecule has 29 heavy (non-hydrogen) atoms. The number of aliphatic hydroxyl groups excluding tert-OH is 1. The molecule has 4 rings (SSSR count). The Labute approximate surface area is 174 Å². The second-order valence-corrected chi connectivity index (χ2v) is 8.74. The van der Waals surface area contributed by atoms with Crippen LogP contribution < -0.4 is 5.32 Å². The van der Waals surface area contributed by atoms with Crippen molar-refractivity contribution in [2.45, 2.75) is 24.4 Å². The Morgan fingerprint density at radius 2 is 1.97 bits per heavy atom. The summed E-state index contributed by atoms with van der Waals surface area (Å²) in [5.41, 5.74) is 1.62. The lowest BCUT2D eigenvalue weighted by Crippen LogP contribution is -2.56. The zero-order valence-corrected chi connectivity index (χ0v) is 17.2. The van der Waals surface area contributed by atoms with E-state index in [4.69, 9.17) is 5.11 Å². The third-order valence-electron chi connectivity index (χ3n) is 5.82. The highest BCUT2D eigenvalue weighted by Crippen LogP contribution is 2.48. The third-order valence-corrected chi connectivity index (χ3v) is 7.13. The molecule has 1 aromatic rings. The second-order valence-electron chi connectivity index (χ2n) is 7.62. The molecule has 2 saturated heterocycles. The van der Waals surface area contributed by atoms with Crippen LogP contribution in [0.5, 0.6) is 0 Å². The van der Waals surface area contributed by atoms with Gasteiger partial charge in [0.1, 0.15) is 17.5 Å². The monoisotopic (exact) mass is 418 g/mol. The maximum atomic E-state index is 12.9. The molecule has 1 aromatic carbocycles. The van der Waals surface area contributed by atoms with Crippen LogP contribution in [-0.4, -0.2) is 94.7 Å². The first-order valence-corrected chi connectivity index (χ1v) is 11.0. The van der Waals surface area contributed by atoms with Gasteiger partial charge in [-0.2, -0.15) is 0 Å². The van der Waals surface area contributed by atoms with E-state index < -0.39 is 12.1 Å². The van der Waals surface area contributed by atoms with Gasteiger partial charge in [0.05, 0.1) is 6.61 Å². The minimum Gasteiger partial charge on any atom is -0.395 e. The molecule has 3 aliphatic rings. The molecule has 0 radical (unpaired) electrons. The Hall–Kier alpha value is -2.10. The predicted octanol–water partition coefficient (Wildman–Crippen LogP) is -0.102. The highest BCUT2D eigenvalue weighted by atomic mass is 32.2. The summed E-state index contributed by atoms with van der Waals surface area (Å²) >= 11 is 1.59. The number of nitrogens with zero attached hydrogens (tertiary/aromatic N) is 3. The van der Waals surface area contributed by atoms with Crippen LogP contribution in [0.1, 0.15) is 28.2 Å². The second kappa shape index (κ2) is 8.33. The molecule has 3 heterocycles. The van der Waals surface area contributed by atoms with Crippen LogP contribution in [0.25, 0.3) is 0 Å². The molecule has 8 nitrogen and oxygen atoms in total. The molecule has 9 heteroatoms. The number of carbonyl (C=O) groups is 3. The maximum Gasteiger partial charge on any atom is 0.256 e. The first-order valence-electron chi connectivity index (χ1n) is 9.97. The number of hydrogen-bond acceptors (Lipinski definition) is 6. The molecule has 0 spiro atoms. The summed E-state index contributed by atoms with van der Waals surface area (Å²) in [7, 11) is 0. The van der Waals surface area contributed by atoms with E-state index in [-0.39, 0.29) is 29.7 Å². The summed E-state index contributed by atoms with van der Waals surface area (Å²) in [6.45, 7) is 5.02. The van der Waals surface area contributed by atoms with Gasteiger partial charge in [0.25, 0.3) is 5.91 Å². The molecule has 2 fully saturated rings. The van der Waals surface area contributed by atoms with Crippen molar-refractivity contribution in [2.75, 3.05) is 45.1 Å². The zero-order chi connectivity index (χ0) is 20.5. The van der Waals surface area contributed by atoms with Crippen molar-refractivity contribution in [2.24, 2.45) is 0 Å². The molecule has 2 N–H and O–H groups in total. The van der Waals surface area contributed by atoms with Gasteiger partial charge >= 0.3 is 0 Å². The standard InChI is InChI=1S/C20H26N4O4S/c1-13(18(27)23-8-6-22(7-9-23)10-11-25)21-17(26)16-12-29-20-15-5-3-2-4-14(15)19(28)24(16)20/h2-5,13,16,20,25H,6-12H2,1H3,(H,21,26). The molecule has 3 atom stereocenters. The third kappa shape index (κ3) is 3.74. The molecule has 0 bridgehead atoms. The Morgan fingerprint density at radius 3 is 2.69 bits per heavy atom. The SMILES string of the molecule is CC(NC(=O)C1CSC2c3ccccc3C(=O)N12)C(=O)N1CCN(CCO)CC1. The van der Waals surface area contributed by atoms with Gasteiger partial charge in [0, 0.05) is 44.0 Å². The number of amides is 3. The Kier molecular flexibility index (Phi) is 5.80. The van der Waals surface area contributed by atoms with Crippen LogP contribution in [0.2, 0.25) is 0 Å². The van der Waals surface area contributed by atoms with Gasteiger partial charge in [-0.1, -0.05) is 18.2 Å². The summed E-state index contributed by atoms with van der Waals surface area (Å²) in [4.78, 5) is 43.9. The molecule has 3 amide bonds.